The van der Waals surface area contributed by atoms with E-state index in [0.29, 0.717) is 6.04 Å². The molecule has 1 saturated heterocycles. The maximum atomic E-state index is 8.73. The molecule has 1 fully saturated rings. The van der Waals surface area contributed by atoms with Crippen molar-refractivity contribution in [1.29, 1.82) is 5.26 Å². The smallest absolute Gasteiger partial charge is 0.299 e. The maximum absolute atomic E-state index is 8.73. The number of hydrogen-bond acceptors (Lipinski definition) is 2. The number of nitrogens with zero attached hydrogens (tertiary/aromatic N) is 3. The molecule has 3 nitrogen and oxygen atoms in total. The fraction of sp³-hybridized carbons (Fsp3) is 0.538. The third-order valence-electron chi connectivity index (χ3n) is 4.19. The number of fused-ring (bicyclic) bond motifs is 3. The summed E-state index contributed by atoms with van der Waals surface area (Å²) < 4.78 is 1.88. The van der Waals surface area contributed by atoms with Crippen LogP contribution in [0.5, 0.6) is 0 Å². The van der Waals surface area contributed by atoms with Gasteiger partial charge in [0.2, 0.25) is 0 Å². The molecule has 2 atom stereocenters. The van der Waals surface area contributed by atoms with Crippen LogP contribution >= 0.6 is 0 Å². The molecule has 1 aliphatic heterocycles. The molecule has 0 bridgehead atoms. The molecule has 0 N–H and O–H groups in total. The summed E-state index contributed by atoms with van der Waals surface area (Å²) >= 11 is 0. The molecule has 1 aromatic rings. The topological polar surface area (TPSA) is 30.9 Å². The Balaban J connectivity index is 2.02. The molecule has 3 rings (SSSR count). The van der Waals surface area contributed by atoms with E-state index in [9.17, 15) is 0 Å². The van der Waals surface area contributed by atoms with E-state index in [1.165, 1.54) is 36.9 Å². The van der Waals surface area contributed by atoms with Gasteiger partial charge in [0.25, 0.3) is 0 Å². The van der Waals surface area contributed by atoms with E-state index in [1.807, 2.05) is 10.7 Å². The highest BCUT2D eigenvalue weighted by Crippen LogP contribution is 2.43. The molecule has 0 saturated carbocycles. The van der Waals surface area contributed by atoms with Crippen LogP contribution in [-0.2, 0) is 6.42 Å². The average Bonchev–Trinajstić information content (AvgIpc) is 2.72. The quantitative estimate of drug-likeness (QED) is 0.664. The average molecular weight is 225 g/mol. The maximum Gasteiger partial charge on any atom is 0.671 e. The Morgan fingerprint density at radius 3 is 3.24 bits per heavy atom. The van der Waals surface area contributed by atoms with Crippen molar-refractivity contribution in [1.82, 2.24) is 4.90 Å². The van der Waals surface area contributed by atoms with Gasteiger partial charge in [-0.25, -0.2) is 5.26 Å². The number of pyridine rings is 1. The monoisotopic (exact) mass is 225 g/mol. The largest absolute Gasteiger partial charge is 0.671 e. The zero-order chi connectivity index (χ0) is 11.8. The van der Waals surface area contributed by atoms with Crippen molar-refractivity contribution in [3.63, 3.8) is 0 Å². The number of likely N-dealkylation sites (tertiary alicyclic amines) is 1. The molecule has 1 aromatic heterocycles. The van der Waals surface area contributed by atoms with Gasteiger partial charge >= 0.3 is 7.41 Å². The number of nitriles is 1. The molecule has 2 aliphatic rings. The minimum atomic E-state index is 0.568. The summed E-state index contributed by atoms with van der Waals surface area (Å²) in [5, 5.41) is 8.73. The van der Waals surface area contributed by atoms with E-state index in [0.717, 1.165) is 5.92 Å². The van der Waals surface area contributed by atoms with Crippen LogP contribution in [0.15, 0.2) is 18.5 Å². The number of aromatic nitrogens is 1. The first kappa shape index (κ1) is 10.8. The molecule has 2 heterocycles. The molecular weight excluding hydrogens is 209 g/mol. The van der Waals surface area contributed by atoms with Crippen molar-refractivity contribution in [3.05, 3.63) is 29.6 Å². The van der Waals surface area contributed by atoms with Gasteiger partial charge < -0.3 is 0 Å². The molecule has 0 spiro atoms. The van der Waals surface area contributed by atoms with Gasteiger partial charge in [0, 0.05) is 17.7 Å². The van der Waals surface area contributed by atoms with Crippen LogP contribution in [0.3, 0.4) is 0 Å². The fourth-order valence-electron chi connectivity index (χ4n) is 3.36. The molecule has 1 radical (unpaired) electrons. The van der Waals surface area contributed by atoms with Crippen LogP contribution in [0, 0.1) is 17.1 Å². The second-order valence-electron chi connectivity index (χ2n) is 5.14. The standard InChI is InChI=1S/C13H16BN3/c1-16-6-4-11-3-2-10-5-7-17(14-9-15)8-12(10)13(11)16/h5,7-8,11,13H,2-4,6H2,1H3/q+1/t11-,13+/m0/s1. The van der Waals surface area contributed by atoms with Crippen molar-refractivity contribution < 1.29 is 4.48 Å². The molecular formula is C13H16BN3+. The van der Waals surface area contributed by atoms with E-state index < -0.39 is 0 Å². The normalized spacial score (nSPS) is 27.1. The lowest BCUT2D eigenvalue weighted by Gasteiger charge is -2.30. The lowest BCUT2D eigenvalue weighted by molar-refractivity contribution is -0.527. The van der Waals surface area contributed by atoms with E-state index in [4.69, 9.17) is 5.26 Å². The molecule has 0 unspecified atom stereocenters. The number of rotatable bonds is 1. The summed E-state index contributed by atoms with van der Waals surface area (Å²) in [5.74, 6) is 2.90. The Morgan fingerprint density at radius 1 is 1.53 bits per heavy atom. The Bertz CT molecular complexity index is 480. The van der Waals surface area contributed by atoms with Crippen LogP contribution in [0.4, 0.5) is 0 Å². The van der Waals surface area contributed by atoms with E-state index in [-0.39, 0.29) is 0 Å². The fourth-order valence-corrected chi connectivity index (χ4v) is 3.36. The third kappa shape index (κ3) is 1.75. The third-order valence-corrected chi connectivity index (χ3v) is 4.19. The number of aryl methyl sites for hydroxylation is 1. The van der Waals surface area contributed by atoms with Gasteiger partial charge in [-0.15, -0.1) is 0 Å². The van der Waals surface area contributed by atoms with Crippen LogP contribution in [-0.4, -0.2) is 25.9 Å². The first-order valence-electron chi connectivity index (χ1n) is 6.26. The molecule has 17 heavy (non-hydrogen) atoms. The van der Waals surface area contributed by atoms with E-state index in [1.54, 1.807) is 7.41 Å². The van der Waals surface area contributed by atoms with E-state index >= 15 is 0 Å². The second kappa shape index (κ2) is 4.16. The Kier molecular flexibility index (Phi) is 2.64. The van der Waals surface area contributed by atoms with Crippen molar-refractivity contribution in [3.8, 4) is 5.97 Å². The van der Waals surface area contributed by atoms with Crippen molar-refractivity contribution in [2.75, 3.05) is 13.6 Å². The first-order valence-corrected chi connectivity index (χ1v) is 6.26. The Labute approximate surface area is 103 Å². The molecule has 1 aliphatic carbocycles. The lowest BCUT2D eigenvalue weighted by Crippen LogP contribution is -2.41. The summed E-state index contributed by atoms with van der Waals surface area (Å²) in [6.45, 7) is 1.20. The highest BCUT2D eigenvalue weighted by molar-refractivity contribution is 6.35. The van der Waals surface area contributed by atoms with Gasteiger partial charge in [-0.3, -0.25) is 9.38 Å². The number of hydrogen-bond donors (Lipinski definition) is 0. The van der Waals surface area contributed by atoms with Crippen LogP contribution in [0.25, 0.3) is 0 Å². The van der Waals surface area contributed by atoms with Gasteiger partial charge in [-0.05, 0) is 44.3 Å². The Hall–Kier alpha value is -1.34. The van der Waals surface area contributed by atoms with Gasteiger partial charge in [-0.2, -0.15) is 0 Å². The second-order valence-corrected chi connectivity index (χ2v) is 5.14. The molecule has 0 aromatic carbocycles. The van der Waals surface area contributed by atoms with Gasteiger partial charge in [-0.1, -0.05) is 0 Å². The van der Waals surface area contributed by atoms with Gasteiger partial charge in [0.05, 0.1) is 0 Å². The highest BCUT2D eigenvalue weighted by Gasteiger charge is 2.38. The first-order chi connectivity index (χ1) is 8.29. The van der Waals surface area contributed by atoms with Crippen LogP contribution in [0.2, 0.25) is 0 Å². The van der Waals surface area contributed by atoms with E-state index in [2.05, 4.69) is 30.2 Å². The van der Waals surface area contributed by atoms with Crippen molar-refractivity contribution >= 4 is 7.41 Å². The molecule has 0 amide bonds. The van der Waals surface area contributed by atoms with Gasteiger partial charge in [0.15, 0.2) is 0 Å². The lowest BCUT2D eigenvalue weighted by atomic mass is 9.80. The van der Waals surface area contributed by atoms with Crippen LogP contribution < -0.4 is 4.48 Å². The summed E-state index contributed by atoms with van der Waals surface area (Å²) in [4.78, 5) is 2.46. The van der Waals surface area contributed by atoms with Gasteiger partial charge in [0.1, 0.15) is 18.4 Å². The summed E-state index contributed by atoms with van der Waals surface area (Å²) in [6.07, 6.45) is 7.94. The minimum Gasteiger partial charge on any atom is -0.299 e. The zero-order valence-electron chi connectivity index (χ0n) is 10.1. The van der Waals surface area contributed by atoms with Crippen molar-refractivity contribution in [2.24, 2.45) is 5.92 Å². The predicted molar refractivity (Wildman–Crippen MR) is 65.2 cm³/mol. The molecule has 85 valence electrons. The van der Waals surface area contributed by atoms with Crippen LogP contribution in [0.1, 0.15) is 30.0 Å². The molecule has 4 heteroatoms. The minimum absolute atomic E-state index is 0.568. The SMILES string of the molecule is CN1CC[C@@H]2CCc3cc[n+]([B]C#N)cc3[C@@H]21. The zero-order valence-corrected chi connectivity index (χ0v) is 10.1. The summed E-state index contributed by atoms with van der Waals surface area (Å²) in [7, 11) is 3.77. The predicted octanol–water partition coefficient (Wildman–Crippen LogP) is 0.861. The Morgan fingerprint density at radius 2 is 2.41 bits per heavy atom. The highest BCUT2D eigenvalue weighted by atomic mass is 15.2. The van der Waals surface area contributed by atoms with Crippen molar-refractivity contribution in [2.45, 2.75) is 25.3 Å². The summed E-state index contributed by atoms with van der Waals surface area (Å²) in [6, 6.07) is 2.74. The summed E-state index contributed by atoms with van der Waals surface area (Å²) in [5.41, 5.74) is 2.89.